The molecule has 1 fully saturated rings. The van der Waals surface area contributed by atoms with E-state index in [4.69, 9.17) is 4.74 Å². The molecule has 16 heavy (non-hydrogen) atoms. The van der Waals surface area contributed by atoms with Crippen molar-refractivity contribution in [3.63, 3.8) is 0 Å². The second-order valence-corrected chi connectivity index (χ2v) is 4.01. The summed E-state index contributed by atoms with van der Waals surface area (Å²) in [5, 5.41) is 0. The lowest BCUT2D eigenvalue weighted by Gasteiger charge is -2.23. The van der Waals surface area contributed by atoms with Crippen molar-refractivity contribution < 1.29 is 14.3 Å². The molecule has 1 amide bonds. The number of ether oxygens (including phenoxy) is 1. The van der Waals surface area contributed by atoms with Crippen LogP contribution < -0.4 is 0 Å². The third kappa shape index (κ3) is 2.05. The smallest absolute Gasteiger partial charge is 0.334 e. The van der Waals surface area contributed by atoms with Crippen LogP contribution in [0.5, 0.6) is 0 Å². The Morgan fingerprint density at radius 1 is 1.38 bits per heavy atom. The number of carbonyl (C=O) groups is 2. The van der Waals surface area contributed by atoms with Crippen molar-refractivity contribution in [2.24, 2.45) is 4.99 Å². The van der Waals surface area contributed by atoms with Gasteiger partial charge in [0.2, 0.25) is 0 Å². The highest BCUT2D eigenvalue weighted by Crippen LogP contribution is 2.29. The summed E-state index contributed by atoms with van der Waals surface area (Å²) in [5.41, 5.74) is 2.31. The number of hydrogen-bond donors (Lipinski definition) is 0. The van der Waals surface area contributed by atoms with Crippen molar-refractivity contribution in [1.29, 1.82) is 0 Å². The lowest BCUT2D eigenvalue weighted by Crippen LogP contribution is -2.24. The van der Waals surface area contributed by atoms with Gasteiger partial charge in [0.25, 0.3) is 5.91 Å². The second kappa shape index (κ2) is 4.60. The van der Waals surface area contributed by atoms with Crippen molar-refractivity contribution in [1.82, 2.24) is 0 Å². The second-order valence-electron chi connectivity index (χ2n) is 4.01. The molecule has 0 unspecified atom stereocenters. The number of rotatable bonds is 2. The predicted molar refractivity (Wildman–Crippen MR) is 59.2 cm³/mol. The van der Waals surface area contributed by atoms with Crippen LogP contribution in [0, 0.1) is 0 Å². The van der Waals surface area contributed by atoms with Crippen LogP contribution in [0.2, 0.25) is 0 Å². The minimum absolute atomic E-state index is 0.109. The van der Waals surface area contributed by atoms with E-state index in [9.17, 15) is 9.59 Å². The van der Waals surface area contributed by atoms with Gasteiger partial charge in [-0.15, -0.1) is 0 Å². The average molecular weight is 221 g/mol. The molecule has 0 aromatic carbocycles. The maximum absolute atomic E-state index is 11.7. The van der Waals surface area contributed by atoms with E-state index in [1.807, 2.05) is 0 Å². The molecule has 1 heterocycles. The quantitative estimate of drug-likeness (QED) is 0.668. The molecule has 0 radical (unpaired) electrons. The lowest BCUT2D eigenvalue weighted by atomic mass is 9.86. The molecular weight excluding hydrogens is 206 g/mol. The van der Waals surface area contributed by atoms with Crippen LogP contribution in [0.15, 0.2) is 16.1 Å². The molecule has 2 aliphatic rings. The molecule has 1 aliphatic carbocycles. The van der Waals surface area contributed by atoms with E-state index in [2.05, 4.69) is 4.99 Å². The molecule has 1 saturated carbocycles. The summed E-state index contributed by atoms with van der Waals surface area (Å²) in [5.74, 6) is -0.566. The van der Waals surface area contributed by atoms with E-state index in [1.54, 1.807) is 6.92 Å². The maximum atomic E-state index is 11.7. The van der Waals surface area contributed by atoms with Crippen molar-refractivity contribution in [2.45, 2.75) is 39.0 Å². The van der Waals surface area contributed by atoms with Gasteiger partial charge in [-0.25, -0.2) is 9.79 Å². The number of esters is 1. The van der Waals surface area contributed by atoms with E-state index in [0.717, 1.165) is 37.0 Å². The first-order chi connectivity index (χ1) is 7.72. The maximum Gasteiger partial charge on any atom is 0.334 e. The molecule has 0 bridgehead atoms. The fourth-order valence-corrected chi connectivity index (χ4v) is 2.20. The van der Waals surface area contributed by atoms with Crippen LogP contribution in [0.1, 0.15) is 39.0 Å². The summed E-state index contributed by atoms with van der Waals surface area (Å²) in [4.78, 5) is 27.1. The standard InChI is InChI=1S/C12H15NO3/c1-2-16-12(15)9-7-11(14)13-10-6-4-3-5-8(9)10/h2-7H2,1H3. The lowest BCUT2D eigenvalue weighted by molar-refractivity contribution is -0.139. The number of allylic oxidation sites excluding steroid dienone is 1. The van der Waals surface area contributed by atoms with Crippen LogP contribution in [0.4, 0.5) is 0 Å². The minimum Gasteiger partial charge on any atom is -0.463 e. The Morgan fingerprint density at radius 3 is 2.88 bits per heavy atom. The Morgan fingerprint density at radius 2 is 2.12 bits per heavy atom. The molecule has 4 heteroatoms. The highest BCUT2D eigenvalue weighted by molar-refractivity contribution is 6.15. The highest BCUT2D eigenvalue weighted by Gasteiger charge is 2.28. The first-order valence-electron chi connectivity index (χ1n) is 5.72. The molecule has 86 valence electrons. The molecular formula is C12H15NO3. The number of amides is 1. The molecule has 0 aromatic heterocycles. The molecule has 0 spiro atoms. The van der Waals surface area contributed by atoms with Gasteiger partial charge in [0.1, 0.15) is 0 Å². The molecule has 4 nitrogen and oxygen atoms in total. The molecule has 0 atom stereocenters. The van der Waals surface area contributed by atoms with Gasteiger partial charge in [-0.2, -0.15) is 0 Å². The van der Waals surface area contributed by atoms with E-state index >= 15 is 0 Å². The number of dihydropyridines is 1. The fourth-order valence-electron chi connectivity index (χ4n) is 2.20. The number of hydrogen-bond acceptors (Lipinski definition) is 3. The summed E-state index contributed by atoms with van der Waals surface area (Å²) in [7, 11) is 0. The number of nitrogens with zero attached hydrogens (tertiary/aromatic N) is 1. The molecule has 2 rings (SSSR count). The summed E-state index contributed by atoms with van der Waals surface area (Å²) < 4.78 is 4.97. The van der Waals surface area contributed by atoms with Crippen LogP contribution in [0.3, 0.4) is 0 Å². The molecule has 0 N–H and O–H groups in total. The van der Waals surface area contributed by atoms with Gasteiger partial charge < -0.3 is 4.74 Å². The predicted octanol–water partition coefficient (Wildman–Crippen LogP) is 1.79. The number of aliphatic imine (C=N–C) groups is 1. The van der Waals surface area contributed by atoms with Gasteiger partial charge in [0.15, 0.2) is 0 Å². The van der Waals surface area contributed by atoms with Crippen LogP contribution in [-0.2, 0) is 14.3 Å². The van der Waals surface area contributed by atoms with Crippen molar-refractivity contribution in [3.05, 3.63) is 11.1 Å². The van der Waals surface area contributed by atoms with Gasteiger partial charge in [0.05, 0.1) is 18.6 Å². The molecule has 1 aliphatic heterocycles. The zero-order valence-electron chi connectivity index (χ0n) is 9.41. The third-order valence-electron chi connectivity index (χ3n) is 2.91. The van der Waals surface area contributed by atoms with Crippen molar-refractivity contribution in [2.75, 3.05) is 6.61 Å². The Bertz CT molecular complexity index is 393. The third-order valence-corrected chi connectivity index (χ3v) is 2.91. The van der Waals surface area contributed by atoms with Gasteiger partial charge in [-0.05, 0) is 38.2 Å². The monoisotopic (exact) mass is 221 g/mol. The van der Waals surface area contributed by atoms with E-state index in [-0.39, 0.29) is 18.3 Å². The van der Waals surface area contributed by atoms with Crippen molar-refractivity contribution in [3.8, 4) is 0 Å². The Balaban J connectivity index is 2.32. The molecule has 0 aromatic rings. The zero-order valence-corrected chi connectivity index (χ0v) is 9.41. The summed E-state index contributed by atoms with van der Waals surface area (Å²) in [6.07, 6.45) is 3.87. The molecule has 0 saturated heterocycles. The van der Waals surface area contributed by atoms with Crippen LogP contribution in [-0.4, -0.2) is 24.2 Å². The summed E-state index contributed by atoms with van der Waals surface area (Å²) in [6.45, 7) is 2.11. The summed E-state index contributed by atoms with van der Waals surface area (Å²) >= 11 is 0. The van der Waals surface area contributed by atoms with Crippen LogP contribution in [0.25, 0.3) is 0 Å². The number of carbonyl (C=O) groups excluding carboxylic acids is 2. The summed E-state index contributed by atoms with van der Waals surface area (Å²) in [6, 6.07) is 0. The van der Waals surface area contributed by atoms with Crippen molar-refractivity contribution >= 4 is 17.6 Å². The topological polar surface area (TPSA) is 55.7 Å². The Kier molecular flexibility index (Phi) is 3.17. The SMILES string of the molecule is CCOC(=O)C1=C2CCCCC2=NC(=O)C1. The van der Waals surface area contributed by atoms with Gasteiger partial charge in [-0.1, -0.05) is 0 Å². The Labute approximate surface area is 94.4 Å². The first-order valence-corrected chi connectivity index (χ1v) is 5.72. The van der Waals surface area contributed by atoms with E-state index in [1.165, 1.54) is 0 Å². The normalized spacial score (nSPS) is 20.3. The van der Waals surface area contributed by atoms with Gasteiger partial charge >= 0.3 is 5.97 Å². The Hall–Kier alpha value is -1.45. The van der Waals surface area contributed by atoms with E-state index < -0.39 is 0 Å². The fraction of sp³-hybridized carbons (Fsp3) is 0.583. The van der Waals surface area contributed by atoms with Gasteiger partial charge in [-0.3, -0.25) is 4.79 Å². The minimum atomic E-state index is -0.347. The average Bonchev–Trinajstić information content (AvgIpc) is 2.28. The highest BCUT2D eigenvalue weighted by atomic mass is 16.5. The van der Waals surface area contributed by atoms with Crippen LogP contribution >= 0.6 is 0 Å². The van der Waals surface area contributed by atoms with E-state index in [0.29, 0.717) is 12.2 Å². The number of fused-ring (bicyclic) bond motifs is 1. The first kappa shape index (κ1) is 11.0. The largest absolute Gasteiger partial charge is 0.463 e. The zero-order chi connectivity index (χ0) is 11.5. The van der Waals surface area contributed by atoms with Gasteiger partial charge in [0, 0.05) is 5.71 Å².